The summed E-state index contributed by atoms with van der Waals surface area (Å²) >= 11 is 2.18. The smallest absolute Gasteiger partial charge is 0.276 e. The van der Waals surface area contributed by atoms with Gasteiger partial charge < -0.3 is 15.2 Å². The number of hydrogen-bond donors (Lipinski definition) is 2. The minimum absolute atomic E-state index is 0.0234. The zero-order valence-electron chi connectivity index (χ0n) is 18.4. The van der Waals surface area contributed by atoms with Crippen LogP contribution in [0, 0.1) is 3.57 Å². The second-order valence-corrected chi connectivity index (χ2v) is 10.6. The van der Waals surface area contributed by atoms with Crippen LogP contribution < -0.4 is 15.8 Å². The number of H-pyrrole nitrogens is 1. The van der Waals surface area contributed by atoms with Gasteiger partial charge in [0.2, 0.25) is 0 Å². The standard InChI is InChI=1S/C23H26IN7O2/c1-25-20(32)18-3-2-15(12-26-18)29-7-4-14(5-8-29)30-13-23(10-16(30)11-23)22-27-21(33)19-17(24)6-9-31(19)28-22/h2-3,6,9,12,14,16H,4-5,7-8,10-11,13H2,1H3,(H,25,32)(H,27,28,33). The Bertz CT molecular complexity index is 1270. The Kier molecular flexibility index (Phi) is 4.98. The Balaban J connectivity index is 1.13. The number of nitrogens with zero attached hydrogens (tertiary/aromatic N) is 5. The van der Waals surface area contributed by atoms with Crippen molar-refractivity contribution in [2.75, 3.05) is 31.6 Å². The topological polar surface area (TPSA) is 98.6 Å². The summed E-state index contributed by atoms with van der Waals surface area (Å²) in [5.41, 5.74) is 2.07. The van der Waals surface area contributed by atoms with Crippen molar-refractivity contribution >= 4 is 39.7 Å². The molecule has 0 aromatic carbocycles. The molecule has 2 bridgehead atoms. The molecule has 4 aliphatic rings. The second-order valence-electron chi connectivity index (χ2n) is 9.47. The number of fused-ring (bicyclic) bond motifs is 2. The highest BCUT2D eigenvalue weighted by Crippen LogP contribution is 2.53. The molecule has 0 radical (unpaired) electrons. The normalized spacial score (nSPS) is 25.4. The molecule has 3 aromatic rings. The quantitative estimate of drug-likeness (QED) is 0.473. The number of amides is 1. The van der Waals surface area contributed by atoms with E-state index in [2.05, 4.69) is 47.7 Å². The van der Waals surface area contributed by atoms with Gasteiger partial charge in [-0.2, -0.15) is 5.10 Å². The molecule has 9 nitrogen and oxygen atoms in total. The predicted molar refractivity (Wildman–Crippen MR) is 133 cm³/mol. The highest BCUT2D eigenvalue weighted by atomic mass is 127. The van der Waals surface area contributed by atoms with Crippen LogP contribution in [-0.2, 0) is 5.41 Å². The van der Waals surface area contributed by atoms with Crippen LogP contribution in [0.3, 0.4) is 0 Å². The zero-order valence-corrected chi connectivity index (χ0v) is 20.6. The van der Waals surface area contributed by atoms with Crippen LogP contribution in [0.25, 0.3) is 5.52 Å². The lowest BCUT2D eigenvalue weighted by atomic mass is 9.69. The molecule has 10 heteroatoms. The van der Waals surface area contributed by atoms with Crippen LogP contribution in [-0.4, -0.2) is 69.2 Å². The molecular formula is C23H26IN7O2. The largest absolute Gasteiger partial charge is 0.370 e. The number of pyridine rings is 1. The first-order chi connectivity index (χ1) is 16.0. The average Bonchev–Trinajstić information content (AvgIpc) is 3.51. The van der Waals surface area contributed by atoms with Crippen LogP contribution in [0.5, 0.6) is 0 Å². The van der Waals surface area contributed by atoms with E-state index < -0.39 is 0 Å². The molecule has 0 unspecified atom stereocenters. The minimum atomic E-state index is -0.163. The van der Waals surface area contributed by atoms with E-state index in [-0.39, 0.29) is 16.9 Å². The SMILES string of the molecule is CNC(=O)c1ccc(N2CCC(N3CC4(c5nn6ccc(I)c6c(=O)[nH]5)CC3C4)CC2)cn1. The van der Waals surface area contributed by atoms with E-state index >= 15 is 0 Å². The van der Waals surface area contributed by atoms with E-state index in [0.717, 1.165) is 60.4 Å². The molecule has 7 rings (SSSR count). The van der Waals surface area contributed by atoms with Gasteiger partial charge in [0.05, 0.1) is 11.9 Å². The molecule has 6 heterocycles. The van der Waals surface area contributed by atoms with Gasteiger partial charge in [-0.3, -0.25) is 14.5 Å². The number of hydrogen-bond acceptors (Lipinski definition) is 6. The van der Waals surface area contributed by atoms with Crippen LogP contribution in [0.4, 0.5) is 5.69 Å². The Labute approximate surface area is 204 Å². The van der Waals surface area contributed by atoms with Crippen molar-refractivity contribution in [3.63, 3.8) is 0 Å². The molecule has 1 aliphatic carbocycles. The molecule has 4 fully saturated rings. The molecule has 1 saturated carbocycles. The van der Waals surface area contributed by atoms with Crippen molar-refractivity contribution in [1.29, 1.82) is 0 Å². The molecule has 0 spiro atoms. The lowest BCUT2D eigenvalue weighted by Crippen LogP contribution is -2.46. The third-order valence-electron chi connectivity index (χ3n) is 7.69. The number of piperidine rings is 1. The first-order valence-electron chi connectivity index (χ1n) is 11.4. The average molecular weight is 559 g/mol. The summed E-state index contributed by atoms with van der Waals surface area (Å²) in [6, 6.07) is 6.84. The van der Waals surface area contributed by atoms with Gasteiger partial charge >= 0.3 is 0 Å². The van der Waals surface area contributed by atoms with Gasteiger partial charge in [0.1, 0.15) is 17.0 Å². The van der Waals surface area contributed by atoms with Crippen LogP contribution in [0.15, 0.2) is 35.4 Å². The van der Waals surface area contributed by atoms with E-state index in [0.29, 0.717) is 23.3 Å². The maximum Gasteiger partial charge on any atom is 0.276 e. The molecule has 1 amide bonds. The molecule has 172 valence electrons. The van der Waals surface area contributed by atoms with Crippen molar-refractivity contribution in [2.45, 2.75) is 43.2 Å². The van der Waals surface area contributed by atoms with E-state index in [4.69, 9.17) is 5.10 Å². The monoisotopic (exact) mass is 559 g/mol. The van der Waals surface area contributed by atoms with Crippen LogP contribution in [0.2, 0.25) is 0 Å². The maximum atomic E-state index is 12.7. The van der Waals surface area contributed by atoms with Gasteiger partial charge in [-0.15, -0.1) is 0 Å². The van der Waals surface area contributed by atoms with Gasteiger partial charge in [-0.05, 0) is 66.5 Å². The Morgan fingerprint density at radius 1 is 1.21 bits per heavy atom. The number of halogens is 1. The number of anilines is 1. The summed E-state index contributed by atoms with van der Waals surface area (Å²) in [6.45, 7) is 2.92. The Hall–Kier alpha value is -2.47. The van der Waals surface area contributed by atoms with Crippen molar-refractivity contribution in [1.82, 2.24) is 29.8 Å². The van der Waals surface area contributed by atoms with Crippen LogP contribution >= 0.6 is 22.6 Å². The highest BCUT2D eigenvalue weighted by molar-refractivity contribution is 14.1. The van der Waals surface area contributed by atoms with Crippen molar-refractivity contribution in [2.24, 2.45) is 0 Å². The lowest BCUT2D eigenvalue weighted by Gasteiger charge is -2.40. The van der Waals surface area contributed by atoms with Gasteiger partial charge in [-0.1, -0.05) is 0 Å². The summed E-state index contributed by atoms with van der Waals surface area (Å²) in [4.78, 5) is 36.8. The predicted octanol–water partition coefficient (Wildman–Crippen LogP) is 1.77. The number of aromatic nitrogens is 4. The number of rotatable bonds is 4. The molecular weight excluding hydrogens is 533 g/mol. The Morgan fingerprint density at radius 2 is 2.00 bits per heavy atom. The van der Waals surface area contributed by atoms with Gasteiger partial charge in [0.15, 0.2) is 0 Å². The van der Waals surface area contributed by atoms with Gasteiger partial charge in [0.25, 0.3) is 11.5 Å². The van der Waals surface area contributed by atoms with Crippen molar-refractivity contribution in [3.05, 3.63) is 56.0 Å². The fourth-order valence-corrected chi connectivity index (χ4v) is 6.56. The summed E-state index contributed by atoms with van der Waals surface area (Å²) in [5, 5.41) is 7.40. The fourth-order valence-electron chi connectivity index (χ4n) is 5.90. The number of aromatic amines is 1. The highest BCUT2D eigenvalue weighted by Gasteiger charge is 2.59. The first kappa shape index (κ1) is 21.1. The maximum absolute atomic E-state index is 12.7. The van der Waals surface area contributed by atoms with Gasteiger partial charge in [0, 0.05) is 53.9 Å². The van der Waals surface area contributed by atoms with E-state index in [1.807, 2.05) is 18.3 Å². The van der Waals surface area contributed by atoms with E-state index in [9.17, 15) is 9.59 Å². The van der Waals surface area contributed by atoms with Crippen molar-refractivity contribution in [3.8, 4) is 0 Å². The molecule has 2 N–H and O–H groups in total. The molecule has 3 aromatic heterocycles. The van der Waals surface area contributed by atoms with E-state index in [1.165, 1.54) is 0 Å². The third-order valence-corrected chi connectivity index (χ3v) is 8.56. The fraction of sp³-hybridized carbons (Fsp3) is 0.478. The minimum Gasteiger partial charge on any atom is -0.370 e. The van der Waals surface area contributed by atoms with Crippen molar-refractivity contribution < 1.29 is 4.79 Å². The second kappa shape index (κ2) is 7.79. The first-order valence-corrected chi connectivity index (χ1v) is 12.5. The molecule has 3 aliphatic heterocycles. The summed E-state index contributed by atoms with van der Waals surface area (Å²) in [5.74, 6) is 0.675. The Morgan fingerprint density at radius 3 is 2.70 bits per heavy atom. The molecule has 33 heavy (non-hydrogen) atoms. The van der Waals surface area contributed by atoms with Crippen LogP contribution in [0.1, 0.15) is 42.0 Å². The van der Waals surface area contributed by atoms with E-state index in [1.54, 1.807) is 23.8 Å². The molecule has 3 saturated heterocycles. The lowest BCUT2D eigenvalue weighted by molar-refractivity contribution is 0.0958. The van der Waals surface area contributed by atoms with Gasteiger partial charge in [-0.25, -0.2) is 9.50 Å². The summed E-state index contributed by atoms with van der Waals surface area (Å²) in [7, 11) is 1.61. The molecule has 0 atom stereocenters. The zero-order chi connectivity index (χ0) is 22.7. The number of nitrogens with one attached hydrogen (secondary N) is 2. The number of carbonyl (C=O) groups excluding carboxylic acids is 1. The summed E-state index contributed by atoms with van der Waals surface area (Å²) < 4.78 is 2.66. The number of carbonyl (C=O) groups is 1. The summed E-state index contributed by atoms with van der Waals surface area (Å²) in [6.07, 6.45) is 8.02. The third kappa shape index (κ3) is 3.37.